The van der Waals surface area contributed by atoms with Gasteiger partial charge in [0.05, 0.1) is 24.2 Å². The highest BCUT2D eigenvalue weighted by atomic mass is 32.8. The summed E-state index contributed by atoms with van der Waals surface area (Å²) in [5.41, 5.74) is -4.54. The minimum absolute atomic E-state index is 0.171. The summed E-state index contributed by atoms with van der Waals surface area (Å²) in [6.45, 7) is 3.87. The van der Waals surface area contributed by atoms with Gasteiger partial charge in [-0.25, -0.2) is 39.0 Å². The Morgan fingerprint density at radius 3 is 2.00 bits per heavy atom. The number of nitrogens with zero attached hydrogens (tertiary/aromatic N) is 2. The van der Waals surface area contributed by atoms with Crippen molar-refractivity contribution in [3.8, 4) is 5.75 Å². The van der Waals surface area contributed by atoms with Crippen LogP contribution in [0.25, 0.3) is 0 Å². The molecule has 0 bridgehead atoms. The molecule has 0 aliphatic heterocycles. The Morgan fingerprint density at radius 1 is 1.06 bits per heavy atom. The number of alkyl halides is 2. The van der Waals surface area contributed by atoms with Crippen LogP contribution in [0.1, 0.15) is 30.9 Å². The third-order valence-corrected chi connectivity index (χ3v) is 37.7. The van der Waals surface area contributed by atoms with Crippen LogP contribution in [0.15, 0.2) is 17.1 Å². The van der Waals surface area contributed by atoms with Gasteiger partial charge in [-0.15, -0.1) is 0 Å². The molecule has 0 saturated carbocycles. The van der Waals surface area contributed by atoms with Crippen molar-refractivity contribution in [1.82, 2.24) is 4.90 Å². The van der Waals surface area contributed by atoms with E-state index >= 15 is 0 Å². The Hall–Kier alpha value is -1.58. The van der Waals surface area contributed by atoms with E-state index in [2.05, 4.69) is 4.99 Å². The zero-order valence-electron chi connectivity index (χ0n) is 19.4. The molecule has 1 aromatic carbocycles. The largest absolute Gasteiger partial charge is 0.493 e. The molecule has 0 aliphatic rings. The third kappa shape index (κ3) is 6.73. The number of hydrogen-bond acceptors (Lipinski definition) is 8. The summed E-state index contributed by atoms with van der Waals surface area (Å²) >= 11 is 0. The van der Waals surface area contributed by atoms with Crippen molar-refractivity contribution in [1.29, 1.82) is 0 Å². The first-order chi connectivity index (χ1) is 14.9. The number of ether oxygens (including phenoxy) is 1. The summed E-state index contributed by atoms with van der Waals surface area (Å²) in [7, 11) is -11.6. The van der Waals surface area contributed by atoms with Gasteiger partial charge < -0.3 is 9.64 Å². The predicted octanol–water partition coefficient (Wildman–Crippen LogP) is 2.39. The maximum Gasteiger partial charge on any atom is 0.452 e. The molecule has 33 heavy (non-hydrogen) atoms. The number of aryl methyl sites for hydroxylation is 1. The molecule has 0 saturated heterocycles. The SMILES string of the molecule is CCN(C)C=Nc1cc(C(F)F)c(OCCC[Si](S(C)(=O)=O)(S(C)(=O)=O)S(C)(=O)=O)cc1C. The zero-order valence-corrected chi connectivity index (χ0v) is 22.8. The molecule has 0 atom stereocenters. The van der Waals surface area contributed by atoms with Crippen LogP contribution >= 0.6 is 0 Å². The van der Waals surface area contributed by atoms with Crippen LogP contribution in [0.3, 0.4) is 0 Å². The van der Waals surface area contributed by atoms with Crippen LogP contribution in [0.4, 0.5) is 14.5 Å². The molecule has 0 unspecified atom stereocenters. The first-order valence-electron chi connectivity index (χ1n) is 9.77. The van der Waals surface area contributed by atoms with Crippen LogP contribution in [-0.4, -0.2) is 81.0 Å². The van der Waals surface area contributed by atoms with E-state index in [-0.39, 0.29) is 18.8 Å². The fourth-order valence-electron chi connectivity index (χ4n) is 3.22. The van der Waals surface area contributed by atoms with Crippen molar-refractivity contribution in [2.24, 2.45) is 4.99 Å². The van der Waals surface area contributed by atoms with Crippen molar-refractivity contribution >= 4 is 45.4 Å². The second-order valence-corrected chi connectivity index (χ2v) is 29.5. The van der Waals surface area contributed by atoms with Crippen LogP contribution in [0, 0.1) is 6.92 Å². The average molecular weight is 549 g/mol. The molecule has 0 N–H and O–H groups in total. The summed E-state index contributed by atoms with van der Waals surface area (Å²) in [5, 5.41) is 0. The van der Waals surface area contributed by atoms with Gasteiger partial charge in [0.25, 0.3) is 6.43 Å². The topological polar surface area (TPSA) is 127 Å². The van der Waals surface area contributed by atoms with E-state index in [0.29, 0.717) is 36.6 Å². The van der Waals surface area contributed by atoms with Gasteiger partial charge in [0.2, 0.25) is 0 Å². The van der Waals surface area contributed by atoms with Gasteiger partial charge in [-0.3, -0.25) is 0 Å². The predicted molar refractivity (Wildman–Crippen MR) is 128 cm³/mol. The van der Waals surface area contributed by atoms with E-state index in [4.69, 9.17) is 4.74 Å². The fraction of sp³-hybridized carbons (Fsp3) is 0.611. The summed E-state index contributed by atoms with van der Waals surface area (Å²) in [6, 6.07) is 1.87. The molecular formula is C18H30F2N2O7S3Si. The molecule has 0 fully saturated rings. The summed E-state index contributed by atoms with van der Waals surface area (Å²) in [5.74, 6) is -0.171. The first-order valence-corrected chi connectivity index (χ1v) is 19.8. The van der Waals surface area contributed by atoms with Gasteiger partial charge in [0.1, 0.15) is 5.75 Å². The summed E-state index contributed by atoms with van der Waals surface area (Å²) in [4.78, 5) is 5.95. The first kappa shape index (κ1) is 29.4. The Labute approximate surface area is 194 Å². The lowest BCUT2D eigenvalue weighted by Crippen LogP contribution is -2.57. The maximum atomic E-state index is 13.6. The number of aliphatic imine (C=N–C) groups is 1. The Morgan fingerprint density at radius 2 is 1.58 bits per heavy atom. The molecule has 0 radical (unpaired) electrons. The van der Waals surface area contributed by atoms with E-state index in [0.717, 1.165) is 0 Å². The van der Waals surface area contributed by atoms with Crippen molar-refractivity contribution in [2.75, 3.05) is 39.0 Å². The number of rotatable bonds is 12. The van der Waals surface area contributed by atoms with Gasteiger partial charge in [-0.05, 0) is 44.0 Å². The second kappa shape index (κ2) is 10.8. The van der Waals surface area contributed by atoms with E-state index in [1.807, 2.05) is 6.92 Å². The minimum atomic E-state index is -4.95. The quantitative estimate of drug-likeness (QED) is 0.169. The van der Waals surface area contributed by atoms with Crippen LogP contribution < -0.4 is 4.74 Å². The van der Waals surface area contributed by atoms with E-state index in [1.54, 1.807) is 18.9 Å². The van der Waals surface area contributed by atoms with E-state index < -0.39 is 51.4 Å². The molecule has 0 aliphatic carbocycles. The fourth-order valence-corrected chi connectivity index (χ4v) is 31.0. The monoisotopic (exact) mass is 548 g/mol. The smallest absolute Gasteiger partial charge is 0.452 e. The zero-order chi connectivity index (χ0) is 25.8. The number of benzene rings is 1. The Balaban J connectivity index is 3.21. The van der Waals surface area contributed by atoms with Gasteiger partial charge in [-0.1, -0.05) is 0 Å². The van der Waals surface area contributed by atoms with Crippen molar-refractivity contribution < 1.29 is 38.8 Å². The van der Waals surface area contributed by atoms with Crippen LogP contribution in [0.5, 0.6) is 5.75 Å². The number of halogens is 2. The molecule has 1 rings (SSSR count). The van der Waals surface area contributed by atoms with Gasteiger partial charge in [0.15, 0.2) is 27.9 Å². The highest BCUT2D eigenvalue weighted by molar-refractivity contribution is 8.73. The average Bonchev–Trinajstić information content (AvgIpc) is 2.63. The second-order valence-electron chi connectivity index (χ2n) is 7.75. The van der Waals surface area contributed by atoms with Crippen molar-refractivity contribution in [3.05, 3.63) is 23.3 Å². The molecule has 190 valence electrons. The van der Waals surface area contributed by atoms with Gasteiger partial charge >= 0.3 is 5.52 Å². The highest BCUT2D eigenvalue weighted by Crippen LogP contribution is 2.36. The van der Waals surface area contributed by atoms with E-state index in [1.165, 1.54) is 18.5 Å². The molecule has 0 aromatic heterocycles. The lowest BCUT2D eigenvalue weighted by Gasteiger charge is -2.24. The lowest BCUT2D eigenvalue weighted by molar-refractivity contribution is 0.145. The van der Waals surface area contributed by atoms with Gasteiger partial charge in [-0.2, -0.15) is 0 Å². The normalized spacial score (nSPS) is 13.6. The Bertz CT molecular complexity index is 1120. The molecule has 0 amide bonds. The minimum Gasteiger partial charge on any atom is -0.493 e. The third-order valence-electron chi connectivity index (χ3n) is 5.04. The maximum absolute atomic E-state index is 13.6. The highest BCUT2D eigenvalue weighted by Gasteiger charge is 2.64. The van der Waals surface area contributed by atoms with Gasteiger partial charge in [0, 0.05) is 32.4 Å². The van der Waals surface area contributed by atoms with Crippen molar-refractivity contribution in [2.45, 2.75) is 32.7 Å². The summed E-state index contributed by atoms with van der Waals surface area (Å²) in [6.07, 6.45) is 0.114. The van der Waals surface area contributed by atoms with Crippen molar-refractivity contribution in [3.63, 3.8) is 0 Å². The standard InChI is InChI=1S/C18H30F2N2O7S3Si/c1-7-22(3)13-21-16-12-15(18(19)20)17(11-14(16)2)29-9-8-10-33(30(4,23)24,31(5,25)26)32(6,27)28/h11-13,18H,7-10H2,1-6H3. The molecule has 1 aromatic rings. The number of hydrogen-bond donors (Lipinski definition) is 0. The van der Waals surface area contributed by atoms with E-state index in [9.17, 15) is 34.0 Å². The molecule has 15 heteroatoms. The molecule has 0 spiro atoms. The van der Waals surface area contributed by atoms with Crippen LogP contribution in [-0.2, 0) is 27.9 Å². The van der Waals surface area contributed by atoms with Crippen LogP contribution in [0.2, 0.25) is 6.04 Å². The Kier molecular flexibility index (Phi) is 9.62. The summed E-state index contributed by atoms with van der Waals surface area (Å²) < 4.78 is 106. The molecule has 0 heterocycles. The lowest BCUT2D eigenvalue weighted by atomic mass is 10.1. The molecular weight excluding hydrogens is 518 g/mol. The molecule has 9 nitrogen and oxygen atoms in total.